The number of hydrogen-bond donors (Lipinski definition) is 3. The number of alkyl halides is 3. The Labute approximate surface area is 99.0 Å². The molecule has 2 unspecified atom stereocenters. The van der Waals surface area contributed by atoms with Gasteiger partial charge in [0, 0.05) is 5.56 Å². The van der Waals surface area contributed by atoms with Crippen LogP contribution in [0.3, 0.4) is 0 Å². The number of aliphatic carboxylic acids is 1. The summed E-state index contributed by atoms with van der Waals surface area (Å²) in [4.78, 5) is 10.4. The Kier molecular flexibility index (Phi) is 4.15. The number of rotatable bonds is 4. The Balaban J connectivity index is 3.05. The van der Waals surface area contributed by atoms with Gasteiger partial charge in [-0.2, -0.15) is 0 Å². The summed E-state index contributed by atoms with van der Waals surface area (Å²) in [6, 6.07) is 4.42. The minimum absolute atomic E-state index is 0.468. The average molecular weight is 266 g/mol. The van der Waals surface area contributed by atoms with Gasteiger partial charge in [-0.25, -0.2) is 4.79 Å². The summed E-state index contributed by atoms with van der Waals surface area (Å²) < 4.78 is 39.8. The number of aliphatic hydroxyl groups excluding tert-OH is 2. The Morgan fingerprint density at radius 3 is 2.28 bits per heavy atom. The second-order valence-corrected chi connectivity index (χ2v) is 3.31. The first-order chi connectivity index (χ1) is 8.22. The zero-order valence-electron chi connectivity index (χ0n) is 8.76. The Hall–Kier alpha value is -1.80. The lowest BCUT2D eigenvalue weighted by Crippen LogP contribution is -2.28. The molecule has 100 valence electrons. The Bertz CT molecular complexity index is 432. The van der Waals surface area contributed by atoms with E-state index in [-0.39, 0.29) is 0 Å². The Morgan fingerprint density at radius 1 is 1.22 bits per heavy atom. The molecular weight excluding hydrogens is 257 g/mol. The maximum absolute atomic E-state index is 12.1. The van der Waals surface area contributed by atoms with Gasteiger partial charge in [0.15, 0.2) is 6.10 Å². The monoisotopic (exact) mass is 266 g/mol. The summed E-state index contributed by atoms with van der Waals surface area (Å²) in [6.07, 6.45) is -9.26. The van der Waals surface area contributed by atoms with Crippen LogP contribution in [0.1, 0.15) is 11.7 Å². The third-order valence-corrected chi connectivity index (χ3v) is 2.02. The van der Waals surface area contributed by atoms with E-state index in [1.54, 1.807) is 0 Å². The van der Waals surface area contributed by atoms with Gasteiger partial charge in [-0.05, 0) is 6.07 Å². The van der Waals surface area contributed by atoms with Gasteiger partial charge in [0.1, 0.15) is 11.9 Å². The van der Waals surface area contributed by atoms with E-state index in [0.29, 0.717) is 0 Å². The first-order valence-corrected chi connectivity index (χ1v) is 4.66. The normalized spacial score (nSPS) is 14.9. The predicted octanol–water partition coefficient (Wildman–Crippen LogP) is 1.06. The van der Waals surface area contributed by atoms with Gasteiger partial charge in [-0.15, -0.1) is 13.2 Å². The van der Waals surface area contributed by atoms with Gasteiger partial charge in [-0.3, -0.25) is 0 Å². The van der Waals surface area contributed by atoms with Crippen molar-refractivity contribution < 1.29 is 38.0 Å². The molecule has 1 aromatic rings. The molecule has 0 heterocycles. The largest absolute Gasteiger partial charge is 0.573 e. The highest BCUT2D eigenvalue weighted by atomic mass is 19.4. The zero-order chi connectivity index (χ0) is 13.9. The van der Waals surface area contributed by atoms with E-state index >= 15 is 0 Å². The first kappa shape index (κ1) is 14.3. The molecule has 0 radical (unpaired) electrons. The lowest BCUT2D eigenvalue weighted by molar-refractivity contribution is -0.275. The van der Waals surface area contributed by atoms with Crippen LogP contribution in [-0.4, -0.2) is 33.8 Å². The summed E-state index contributed by atoms with van der Waals surface area (Å²) in [6.45, 7) is 0. The molecule has 1 rings (SSSR count). The lowest BCUT2D eigenvalue weighted by Gasteiger charge is -2.18. The van der Waals surface area contributed by atoms with Crippen molar-refractivity contribution in [2.45, 2.75) is 18.6 Å². The van der Waals surface area contributed by atoms with Crippen molar-refractivity contribution in [3.63, 3.8) is 0 Å². The number of aliphatic hydroxyl groups is 2. The van der Waals surface area contributed by atoms with Crippen LogP contribution in [-0.2, 0) is 4.79 Å². The summed E-state index contributed by atoms with van der Waals surface area (Å²) in [5.74, 6) is -2.53. The fourth-order valence-corrected chi connectivity index (χ4v) is 1.25. The molecule has 0 spiro atoms. The summed E-state index contributed by atoms with van der Waals surface area (Å²) in [5.41, 5.74) is -0.468. The van der Waals surface area contributed by atoms with E-state index in [1.807, 2.05) is 0 Å². The third kappa shape index (κ3) is 3.60. The van der Waals surface area contributed by atoms with Crippen molar-refractivity contribution in [1.29, 1.82) is 0 Å². The smallest absolute Gasteiger partial charge is 0.479 e. The molecule has 0 aliphatic carbocycles. The van der Waals surface area contributed by atoms with Gasteiger partial charge < -0.3 is 20.1 Å². The van der Waals surface area contributed by atoms with Crippen LogP contribution in [0.4, 0.5) is 13.2 Å². The molecular formula is C10H9F3O5. The second-order valence-electron chi connectivity index (χ2n) is 3.31. The number of carboxylic acids is 1. The molecule has 18 heavy (non-hydrogen) atoms. The minimum atomic E-state index is -4.98. The standard InChI is InChI=1S/C10H9F3O5/c11-10(12,13)18-6-4-2-1-3-5(6)7(14)8(15)9(16)17/h1-4,7-8,14-15H,(H,16,17). The van der Waals surface area contributed by atoms with E-state index in [9.17, 15) is 23.1 Å². The van der Waals surface area contributed by atoms with Gasteiger partial charge in [0.25, 0.3) is 0 Å². The van der Waals surface area contributed by atoms with Crippen molar-refractivity contribution in [3.8, 4) is 5.75 Å². The van der Waals surface area contributed by atoms with Crippen LogP contribution in [0, 0.1) is 0 Å². The highest BCUT2D eigenvalue weighted by Gasteiger charge is 2.34. The molecule has 5 nitrogen and oxygen atoms in total. The van der Waals surface area contributed by atoms with Crippen LogP contribution in [0.25, 0.3) is 0 Å². The van der Waals surface area contributed by atoms with Crippen molar-refractivity contribution in [1.82, 2.24) is 0 Å². The van der Waals surface area contributed by atoms with E-state index < -0.39 is 35.9 Å². The first-order valence-electron chi connectivity index (χ1n) is 4.66. The quantitative estimate of drug-likeness (QED) is 0.758. The molecule has 0 saturated heterocycles. The summed E-state index contributed by atoms with van der Waals surface area (Å²) in [5, 5.41) is 27.0. The fraction of sp³-hybridized carbons (Fsp3) is 0.300. The van der Waals surface area contributed by atoms with Crippen molar-refractivity contribution >= 4 is 5.97 Å². The topological polar surface area (TPSA) is 87.0 Å². The van der Waals surface area contributed by atoms with Gasteiger partial charge in [-0.1, -0.05) is 18.2 Å². The Morgan fingerprint density at radius 2 is 1.78 bits per heavy atom. The van der Waals surface area contributed by atoms with E-state index in [0.717, 1.165) is 12.1 Å². The molecule has 2 atom stereocenters. The SMILES string of the molecule is O=C(O)C(O)C(O)c1ccccc1OC(F)(F)F. The van der Waals surface area contributed by atoms with Crippen LogP contribution in [0.5, 0.6) is 5.75 Å². The number of carbonyl (C=O) groups is 1. The van der Waals surface area contributed by atoms with Crippen molar-refractivity contribution in [2.24, 2.45) is 0 Å². The van der Waals surface area contributed by atoms with E-state index in [1.165, 1.54) is 12.1 Å². The highest BCUT2D eigenvalue weighted by Crippen LogP contribution is 2.31. The van der Waals surface area contributed by atoms with Gasteiger partial charge in [0.05, 0.1) is 0 Å². The van der Waals surface area contributed by atoms with Gasteiger partial charge in [0.2, 0.25) is 0 Å². The average Bonchev–Trinajstić information content (AvgIpc) is 2.25. The molecule has 0 aromatic heterocycles. The van der Waals surface area contributed by atoms with E-state index in [4.69, 9.17) is 10.2 Å². The van der Waals surface area contributed by atoms with Crippen molar-refractivity contribution in [3.05, 3.63) is 29.8 Å². The molecule has 0 aliphatic heterocycles. The molecule has 0 fully saturated rings. The predicted molar refractivity (Wildman–Crippen MR) is 51.7 cm³/mol. The molecule has 8 heteroatoms. The number of halogens is 3. The number of para-hydroxylation sites is 1. The second kappa shape index (κ2) is 5.23. The number of benzene rings is 1. The van der Waals surface area contributed by atoms with Crippen LogP contribution < -0.4 is 4.74 Å². The lowest BCUT2D eigenvalue weighted by atomic mass is 10.0. The summed E-state index contributed by atoms with van der Waals surface area (Å²) in [7, 11) is 0. The number of carboxylic acid groups (broad SMARTS) is 1. The number of ether oxygens (including phenoxy) is 1. The molecule has 3 N–H and O–H groups in total. The molecule has 1 aromatic carbocycles. The van der Waals surface area contributed by atoms with Crippen LogP contribution >= 0.6 is 0 Å². The van der Waals surface area contributed by atoms with Crippen LogP contribution in [0.15, 0.2) is 24.3 Å². The highest BCUT2D eigenvalue weighted by molar-refractivity contribution is 5.73. The fourth-order valence-electron chi connectivity index (χ4n) is 1.25. The van der Waals surface area contributed by atoms with Crippen LogP contribution in [0.2, 0.25) is 0 Å². The zero-order valence-corrected chi connectivity index (χ0v) is 8.76. The number of hydrogen-bond acceptors (Lipinski definition) is 4. The van der Waals surface area contributed by atoms with Gasteiger partial charge >= 0.3 is 12.3 Å². The molecule has 0 saturated carbocycles. The molecule has 0 aliphatic rings. The minimum Gasteiger partial charge on any atom is -0.479 e. The third-order valence-electron chi connectivity index (χ3n) is 2.02. The maximum Gasteiger partial charge on any atom is 0.573 e. The summed E-state index contributed by atoms with van der Waals surface area (Å²) >= 11 is 0. The van der Waals surface area contributed by atoms with E-state index in [2.05, 4.69) is 4.74 Å². The molecule has 0 bridgehead atoms. The molecule has 0 amide bonds. The maximum atomic E-state index is 12.1. The van der Waals surface area contributed by atoms with Crippen molar-refractivity contribution in [2.75, 3.05) is 0 Å².